The highest BCUT2D eigenvalue weighted by Gasteiger charge is 2.04. The number of halogens is 1. The predicted molar refractivity (Wildman–Crippen MR) is 72.9 cm³/mol. The van der Waals surface area contributed by atoms with Crippen LogP contribution in [0.1, 0.15) is 6.92 Å². The van der Waals surface area contributed by atoms with Crippen molar-refractivity contribution >= 4 is 23.2 Å². The first-order valence-corrected chi connectivity index (χ1v) is 5.80. The average molecular weight is 262 g/mol. The number of benzene rings is 2. The lowest BCUT2D eigenvalue weighted by molar-refractivity contribution is -0.114. The zero-order valence-corrected chi connectivity index (χ0v) is 10.5. The molecule has 0 aliphatic rings. The molecule has 0 unspecified atom stereocenters. The summed E-state index contributed by atoms with van der Waals surface area (Å²) in [5.41, 5.74) is 2.53. The summed E-state index contributed by atoms with van der Waals surface area (Å²) in [4.78, 5) is 11.0. The van der Waals surface area contributed by atoms with E-state index in [1.165, 1.54) is 6.92 Å². The second-order valence-corrected chi connectivity index (χ2v) is 4.34. The van der Waals surface area contributed by atoms with Gasteiger partial charge < -0.3 is 10.4 Å². The summed E-state index contributed by atoms with van der Waals surface area (Å²) < 4.78 is 0. The maximum atomic E-state index is 11.0. The predicted octanol–water partition coefficient (Wildman–Crippen LogP) is 3.67. The van der Waals surface area contributed by atoms with Crippen LogP contribution in [0.25, 0.3) is 11.1 Å². The Balaban J connectivity index is 2.38. The smallest absolute Gasteiger partial charge is 0.221 e. The van der Waals surface area contributed by atoms with Crippen LogP contribution in [0.3, 0.4) is 0 Å². The Bertz CT molecular complexity index is 596. The van der Waals surface area contributed by atoms with Gasteiger partial charge >= 0.3 is 0 Å². The highest BCUT2D eigenvalue weighted by Crippen LogP contribution is 2.30. The van der Waals surface area contributed by atoms with Crippen molar-refractivity contribution in [3.63, 3.8) is 0 Å². The van der Waals surface area contributed by atoms with Crippen molar-refractivity contribution in [1.82, 2.24) is 0 Å². The van der Waals surface area contributed by atoms with Crippen LogP contribution < -0.4 is 5.32 Å². The van der Waals surface area contributed by atoms with Crippen molar-refractivity contribution < 1.29 is 9.90 Å². The van der Waals surface area contributed by atoms with Crippen molar-refractivity contribution in [2.75, 3.05) is 5.32 Å². The lowest BCUT2D eigenvalue weighted by Gasteiger charge is -2.07. The van der Waals surface area contributed by atoms with E-state index in [0.717, 1.165) is 16.8 Å². The first-order chi connectivity index (χ1) is 8.56. The van der Waals surface area contributed by atoms with Gasteiger partial charge in [-0.05, 0) is 35.4 Å². The monoisotopic (exact) mass is 261 g/mol. The second kappa shape index (κ2) is 5.10. The number of carbonyl (C=O) groups excluding carboxylic acids is 1. The number of hydrogen-bond donors (Lipinski definition) is 2. The summed E-state index contributed by atoms with van der Waals surface area (Å²) in [7, 11) is 0. The zero-order valence-electron chi connectivity index (χ0n) is 9.77. The van der Waals surface area contributed by atoms with Gasteiger partial charge in [0.1, 0.15) is 5.75 Å². The van der Waals surface area contributed by atoms with E-state index >= 15 is 0 Å². The van der Waals surface area contributed by atoms with Gasteiger partial charge in [-0.2, -0.15) is 0 Å². The fourth-order valence-corrected chi connectivity index (χ4v) is 1.85. The van der Waals surface area contributed by atoms with Gasteiger partial charge in [-0.15, -0.1) is 0 Å². The maximum Gasteiger partial charge on any atom is 0.221 e. The molecule has 18 heavy (non-hydrogen) atoms. The molecule has 1 amide bonds. The van der Waals surface area contributed by atoms with E-state index in [-0.39, 0.29) is 11.7 Å². The number of rotatable bonds is 2. The van der Waals surface area contributed by atoms with E-state index in [2.05, 4.69) is 5.32 Å². The molecule has 0 saturated heterocycles. The van der Waals surface area contributed by atoms with Crippen molar-refractivity contribution in [3.05, 3.63) is 47.5 Å². The molecule has 0 atom stereocenters. The van der Waals surface area contributed by atoms with Crippen LogP contribution in [-0.2, 0) is 4.79 Å². The summed E-state index contributed by atoms with van der Waals surface area (Å²) in [6, 6.07) is 12.4. The van der Waals surface area contributed by atoms with Crippen LogP contribution >= 0.6 is 11.6 Å². The van der Waals surface area contributed by atoms with Gasteiger partial charge in [-0.25, -0.2) is 0 Å². The Kier molecular flexibility index (Phi) is 3.53. The molecule has 0 fully saturated rings. The maximum absolute atomic E-state index is 11.0. The van der Waals surface area contributed by atoms with Gasteiger partial charge in [-0.3, -0.25) is 4.79 Å². The molecule has 0 bridgehead atoms. The largest absolute Gasteiger partial charge is 0.506 e. The molecule has 0 aromatic heterocycles. The van der Waals surface area contributed by atoms with Crippen molar-refractivity contribution in [2.45, 2.75) is 6.92 Å². The summed E-state index contributed by atoms with van der Waals surface area (Å²) >= 11 is 5.87. The molecular formula is C14H12ClNO2. The Morgan fingerprint density at radius 2 is 1.89 bits per heavy atom. The van der Waals surface area contributed by atoms with Crippen LogP contribution in [0.2, 0.25) is 5.02 Å². The number of phenolic OH excluding ortho intramolecular Hbond substituents is 1. The minimum absolute atomic E-state index is 0.0541. The fraction of sp³-hybridized carbons (Fsp3) is 0.0714. The normalized spacial score (nSPS) is 10.1. The van der Waals surface area contributed by atoms with E-state index in [1.54, 1.807) is 18.2 Å². The van der Waals surface area contributed by atoms with Crippen LogP contribution in [0.4, 0.5) is 5.69 Å². The zero-order chi connectivity index (χ0) is 13.1. The van der Waals surface area contributed by atoms with Crippen LogP contribution in [0.5, 0.6) is 5.75 Å². The molecule has 0 saturated carbocycles. The van der Waals surface area contributed by atoms with Gasteiger partial charge in [0.15, 0.2) is 0 Å². The average Bonchev–Trinajstić information content (AvgIpc) is 2.32. The number of carbonyl (C=O) groups is 1. The molecule has 2 N–H and O–H groups in total. The Labute approximate surface area is 110 Å². The first kappa shape index (κ1) is 12.5. The summed E-state index contributed by atoms with van der Waals surface area (Å²) in [5, 5.41) is 12.4. The van der Waals surface area contributed by atoms with Crippen LogP contribution in [-0.4, -0.2) is 11.0 Å². The standard InChI is InChI=1S/C14H12ClNO2/c1-9(17)16-12-4-2-3-10(7-12)11-5-6-14(18)13(15)8-11/h2-8,18H,1H3,(H,16,17). The molecule has 2 rings (SSSR count). The van der Waals surface area contributed by atoms with Gasteiger partial charge in [0, 0.05) is 12.6 Å². The minimum atomic E-state index is -0.115. The van der Waals surface area contributed by atoms with Gasteiger partial charge in [0.25, 0.3) is 0 Å². The lowest BCUT2D eigenvalue weighted by Crippen LogP contribution is -2.05. The molecule has 2 aromatic rings. The lowest BCUT2D eigenvalue weighted by atomic mass is 10.0. The summed E-state index contributed by atoms with van der Waals surface area (Å²) in [6.45, 7) is 1.46. The third-order valence-electron chi connectivity index (χ3n) is 2.46. The second-order valence-electron chi connectivity index (χ2n) is 3.93. The van der Waals surface area contributed by atoms with E-state index < -0.39 is 0 Å². The number of amides is 1. The van der Waals surface area contributed by atoms with Crippen molar-refractivity contribution in [2.24, 2.45) is 0 Å². The summed E-state index contributed by atoms with van der Waals surface area (Å²) in [5.74, 6) is -0.0608. The first-order valence-electron chi connectivity index (χ1n) is 5.43. The summed E-state index contributed by atoms with van der Waals surface area (Å²) in [6.07, 6.45) is 0. The van der Waals surface area contributed by atoms with Gasteiger partial charge in [-0.1, -0.05) is 29.8 Å². The number of hydrogen-bond acceptors (Lipinski definition) is 2. The minimum Gasteiger partial charge on any atom is -0.506 e. The van der Waals surface area contributed by atoms with Gasteiger partial charge in [0.2, 0.25) is 5.91 Å². The molecule has 0 heterocycles. The molecule has 3 nitrogen and oxygen atoms in total. The molecule has 0 aliphatic heterocycles. The number of phenols is 1. The van der Waals surface area contributed by atoms with Crippen LogP contribution in [0.15, 0.2) is 42.5 Å². The molecular weight excluding hydrogens is 250 g/mol. The van der Waals surface area contributed by atoms with E-state index in [0.29, 0.717) is 5.02 Å². The van der Waals surface area contributed by atoms with E-state index in [9.17, 15) is 9.90 Å². The quantitative estimate of drug-likeness (QED) is 0.867. The fourth-order valence-electron chi connectivity index (χ4n) is 1.67. The third kappa shape index (κ3) is 2.81. The molecule has 4 heteroatoms. The van der Waals surface area contributed by atoms with Gasteiger partial charge in [0.05, 0.1) is 5.02 Å². The number of nitrogens with one attached hydrogen (secondary N) is 1. The highest BCUT2D eigenvalue weighted by atomic mass is 35.5. The van der Waals surface area contributed by atoms with Crippen molar-refractivity contribution in [3.8, 4) is 16.9 Å². The Morgan fingerprint density at radius 1 is 1.17 bits per heavy atom. The third-order valence-corrected chi connectivity index (χ3v) is 2.77. The highest BCUT2D eigenvalue weighted by molar-refractivity contribution is 6.32. The van der Waals surface area contributed by atoms with Crippen molar-refractivity contribution in [1.29, 1.82) is 0 Å². The molecule has 0 aliphatic carbocycles. The molecule has 0 spiro atoms. The molecule has 92 valence electrons. The molecule has 0 radical (unpaired) electrons. The van der Waals surface area contributed by atoms with E-state index in [4.69, 9.17) is 11.6 Å². The molecule has 2 aromatic carbocycles. The number of anilines is 1. The topological polar surface area (TPSA) is 49.3 Å². The SMILES string of the molecule is CC(=O)Nc1cccc(-c2ccc(O)c(Cl)c2)c1. The van der Waals surface area contributed by atoms with Crippen LogP contribution in [0, 0.1) is 0 Å². The Hall–Kier alpha value is -2.00. The Morgan fingerprint density at radius 3 is 2.56 bits per heavy atom. The van der Waals surface area contributed by atoms with E-state index in [1.807, 2.05) is 24.3 Å². The number of aromatic hydroxyl groups is 1.